The van der Waals surface area contributed by atoms with Crippen LogP contribution in [0.25, 0.3) is 0 Å². The molecule has 0 saturated carbocycles. The maximum Gasteiger partial charge on any atom is 0.338 e. The number of anilines is 1. The molecule has 1 aromatic heterocycles. The summed E-state index contributed by atoms with van der Waals surface area (Å²) in [6, 6.07) is 13.5. The van der Waals surface area contributed by atoms with Gasteiger partial charge in [0.15, 0.2) is 0 Å². The molecular weight excluding hydrogens is 408 g/mol. The molecule has 0 fully saturated rings. The van der Waals surface area contributed by atoms with Crippen LogP contribution in [0.4, 0.5) is 5.69 Å². The third-order valence-corrected chi connectivity index (χ3v) is 7.21. The van der Waals surface area contributed by atoms with Crippen molar-refractivity contribution in [1.82, 2.24) is 4.98 Å². The number of aromatic nitrogens is 1. The van der Waals surface area contributed by atoms with E-state index in [0.717, 1.165) is 5.01 Å². The first kappa shape index (κ1) is 21.0. The Morgan fingerprint density at radius 1 is 1.14 bits per heavy atom. The van der Waals surface area contributed by atoms with E-state index in [4.69, 9.17) is 4.74 Å². The van der Waals surface area contributed by atoms with Crippen molar-refractivity contribution in [3.8, 4) is 0 Å². The van der Waals surface area contributed by atoms with Gasteiger partial charge in [-0.1, -0.05) is 24.3 Å². The van der Waals surface area contributed by atoms with Crippen molar-refractivity contribution < 1.29 is 17.9 Å². The van der Waals surface area contributed by atoms with Crippen LogP contribution < -0.4 is 4.31 Å². The SMILES string of the molecule is CCN(c1ccccc1)S(=O)(=O)c1cc(C(=O)OCc2csc(C)n2)ccc1C. The molecule has 1 heterocycles. The van der Waals surface area contributed by atoms with Crippen molar-refractivity contribution in [2.45, 2.75) is 32.3 Å². The molecule has 0 spiro atoms. The van der Waals surface area contributed by atoms with Crippen molar-refractivity contribution in [3.63, 3.8) is 0 Å². The summed E-state index contributed by atoms with van der Waals surface area (Å²) in [5, 5.41) is 2.72. The topological polar surface area (TPSA) is 76.6 Å². The molecule has 0 N–H and O–H groups in total. The maximum atomic E-state index is 13.3. The van der Waals surface area contributed by atoms with E-state index in [-0.39, 0.29) is 23.6 Å². The second kappa shape index (κ2) is 8.75. The number of carbonyl (C=O) groups excluding carboxylic acids is 1. The summed E-state index contributed by atoms with van der Waals surface area (Å²) in [5.74, 6) is -0.588. The number of hydrogen-bond acceptors (Lipinski definition) is 6. The lowest BCUT2D eigenvalue weighted by Crippen LogP contribution is -2.31. The summed E-state index contributed by atoms with van der Waals surface area (Å²) in [5.41, 5.74) is 1.99. The van der Waals surface area contributed by atoms with E-state index in [2.05, 4.69) is 4.98 Å². The predicted molar refractivity (Wildman–Crippen MR) is 114 cm³/mol. The highest BCUT2D eigenvalue weighted by molar-refractivity contribution is 7.92. The molecule has 0 aliphatic heterocycles. The number of ether oxygens (including phenoxy) is 1. The fraction of sp³-hybridized carbons (Fsp3) is 0.238. The third kappa shape index (κ3) is 4.65. The Kier molecular flexibility index (Phi) is 6.34. The van der Waals surface area contributed by atoms with Gasteiger partial charge in [0, 0.05) is 11.9 Å². The zero-order valence-electron chi connectivity index (χ0n) is 16.5. The summed E-state index contributed by atoms with van der Waals surface area (Å²) in [6.45, 7) is 5.67. The van der Waals surface area contributed by atoms with Gasteiger partial charge in [-0.3, -0.25) is 4.31 Å². The molecule has 0 amide bonds. The van der Waals surface area contributed by atoms with Crippen LogP contribution in [0.3, 0.4) is 0 Å². The fourth-order valence-electron chi connectivity index (χ4n) is 2.91. The molecule has 0 bridgehead atoms. The van der Waals surface area contributed by atoms with Gasteiger partial charge in [-0.25, -0.2) is 18.2 Å². The molecule has 0 radical (unpaired) electrons. The largest absolute Gasteiger partial charge is 0.456 e. The van der Waals surface area contributed by atoms with Crippen LogP contribution in [0, 0.1) is 13.8 Å². The van der Waals surface area contributed by atoms with Crippen LogP contribution in [0.1, 0.15) is 33.5 Å². The van der Waals surface area contributed by atoms with E-state index >= 15 is 0 Å². The van der Waals surface area contributed by atoms with E-state index in [1.807, 2.05) is 18.4 Å². The summed E-state index contributed by atoms with van der Waals surface area (Å²) < 4.78 is 33.2. The van der Waals surface area contributed by atoms with E-state index in [9.17, 15) is 13.2 Å². The maximum absolute atomic E-state index is 13.3. The average molecular weight is 431 g/mol. The average Bonchev–Trinajstić information content (AvgIpc) is 3.12. The second-order valence-electron chi connectivity index (χ2n) is 6.42. The molecule has 2 aromatic carbocycles. The van der Waals surface area contributed by atoms with Crippen molar-refractivity contribution in [2.24, 2.45) is 0 Å². The van der Waals surface area contributed by atoms with E-state index in [1.165, 1.54) is 21.7 Å². The summed E-state index contributed by atoms with van der Waals surface area (Å²) in [6.07, 6.45) is 0. The van der Waals surface area contributed by atoms with Gasteiger partial charge in [0.25, 0.3) is 10.0 Å². The van der Waals surface area contributed by atoms with Crippen LogP contribution in [-0.4, -0.2) is 25.9 Å². The minimum absolute atomic E-state index is 0.0459. The number of aryl methyl sites for hydroxylation is 2. The molecule has 0 unspecified atom stereocenters. The summed E-state index contributed by atoms with van der Waals surface area (Å²) in [7, 11) is -3.84. The first-order valence-electron chi connectivity index (χ1n) is 9.09. The van der Waals surface area contributed by atoms with Gasteiger partial charge in [0.2, 0.25) is 0 Å². The lowest BCUT2D eigenvalue weighted by Gasteiger charge is -2.24. The molecular formula is C21H22N2O4S2. The lowest BCUT2D eigenvalue weighted by atomic mass is 10.1. The van der Waals surface area contributed by atoms with Crippen LogP contribution in [0.15, 0.2) is 58.8 Å². The smallest absolute Gasteiger partial charge is 0.338 e. The van der Waals surface area contributed by atoms with Gasteiger partial charge >= 0.3 is 5.97 Å². The minimum Gasteiger partial charge on any atom is -0.456 e. The molecule has 8 heteroatoms. The number of hydrogen-bond donors (Lipinski definition) is 0. The zero-order valence-corrected chi connectivity index (χ0v) is 18.1. The van der Waals surface area contributed by atoms with Crippen LogP contribution in [0.2, 0.25) is 0 Å². The molecule has 152 valence electrons. The van der Waals surface area contributed by atoms with Gasteiger partial charge < -0.3 is 4.74 Å². The Bertz CT molecular complexity index is 1110. The lowest BCUT2D eigenvalue weighted by molar-refractivity contribution is 0.0468. The van der Waals surface area contributed by atoms with Gasteiger partial charge in [-0.05, 0) is 50.6 Å². The Hall–Kier alpha value is -2.71. The molecule has 6 nitrogen and oxygen atoms in total. The number of sulfonamides is 1. The van der Waals surface area contributed by atoms with Gasteiger partial charge in [0.05, 0.1) is 26.8 Å². The molecule has 0 aliphatic carbocycles. The molecule has 0 aliphatic rings. The number of esters is 1. The summed E-state index contributed by atoms with van der Waals surface area (Å²) >= 11 is 1.48. The van der Waals surface area contributed by atoms with Gasteiger partial charge in [0.1, 0.15) is 6.61 Å². The monoisotopic (exact) mass is 430 g/mol. The number of carbonyl (C=O) groups is 1. The Morgan fingerprint density at radius 3 is 2.48 bits per heavy atom. The number of para-hydroxylation sites is 1. The first-order chi connectivity index (χ1) is 13.8. The molecule has 3 aromatic rings. The predicted octanol–water partition coefficient (Wildman–Crippen LogP) is 4.33. The highest BCUT2D eigenvalue weighted by Gasteiger charge is 2.26. The first-order valence-corrected chi connectivity index (χ1v) is 11.4. The van der Waals surface area contributed by atoms with Crippen molar-refractivity contribution in [3.05, 3.63) is 75.7 Å². The standard InChI is InChI=1S/C21H22N2O4S2/c1-4-23(19-8-6-5-7-9-19)29(25,26)20-12-17(11-10-15(20)2)21(24)27-13-18-14-28-16(3)22-18/h5-12,14H,4,13H2,1-3H3. The summed E-state index contributed by atoms with van der Waals surface area (Å²) in [4.78, 5) is 16.8. The van der Waals surface area contributed by atoms with E-state index in [0.29, 0.717) is 16.9 Å². The van der Waals surface area contributed by atoms with Gasteiger partial charge in [-0.2, -0.15) is 0 Å². The quantitative estimate of drug-likeness (QED) is 0.522. The molecule has 0 atom stereocenters. The third-order valence-electron chi connectivity index (χ3n) is 4.34. The zero-order chi connectivity index (χ0) is 21.0. The number of benzene rings is 2. The van der Waals surface area contributed by atoms with E-state index in [1.54, 1.807) is 50.2 Å². The Labute approximate surface area is 174 Å². The number of thiazole rings is 1. The second-order valence-corrected chi connectivity index (χ2v) is 9.31. The highest BCUT2D eigenvalue weighted by Crippen LogP contribution is 2.26. The van der Waals surface area contributed by atoms with E-state index < -0.39 is 16.0 Å². The van der Waals surface area contributed by atoms with Crippen LogP contribution in [-0.2, 0) is 21.4 Å². The minimum atomic E-state index is -3.84. The van der Waals surface area contributed by atoms with Crippen LogP contribution in [0.5, 0.6) is 0 Å². The Balaban J connectivity index is 1.88. The van der Waals surface area contributed by atoms with Gasteiger partial charge in [-0.15, -0.1) is 11.3 Å². The van der Waals surface area contributed by atoms with Crippen molar-refractivity contribution >= 4 is 33.0 Å². The number of nitrogens with zero attached hydrogens (tertiary/aromatic N) is 2. The molecule has 29 heavy (non-hydrogen) atoms. The highest BCUT2D eigenvalue weighted by atomic mass is 32.2. The molecule has 0 saturated heterocycles. The Morgan fingerprint density at radius 2 is 1.86 bits per heavy atom. The normalized spacial score (nSPS) is 11.3. The van der Waals surface area contributed by atoms with Crippen molar-refractivity contribution in [1.29, 1.82) is 0 Å². The molecule has 3 rings (SSSR count). The fourth-order valence-corrected chi connectivity index (χ4v) is 5.23. The van der Waals surface area contributed by atoms with Crippen molar-refractivity contribution in [2.75, 3.05) is 10.8 Å². The van der Waals surface area contributed by atoms with Crippen LogP contribution >= 0.6 is 11.3 Å². The number of rotatable bonds is 7.